The summed E-state index contributed by atoms with van der Waals surface area (Å²) in [7, 11) is 4.46. The van der Waals surface area contributed by atoms with Crippen molar-refractivity contribution in [2.45, 2.75) is 25.4 Å². The van der Waals surface area contributed by atoms with Gasteiger partial charge in [-0.1, -0.05) is 35.4 Å². The number of halogens is 2. The fourth-order valence-electron chi connectivity index (χ4n) is 1.78. The zero-order chi connectivity index (χ0) is 21.2. The molecule has 1 aliphatic rings. The minimum atomic E-state index is -1.35. The summed E-state index contributed by atoms with van der Waals surface area (Å²) >= 11 is 11.5. The number of benzene rings is 1. The lowest BCUT2D eigenvalue weighted by Crippen LogP contribution is -2.40. The van der Waals surface area contributed by atoms with E-state index in [2.05, 4.69) is 26.9 Å². The number of nitrogens with two attached hydrogens (primary N) is 1. The second-order valence-electron chi connectivity index (χ2n) is 4.98. The fourth-order valence-corrected chi connectivity index (χ4v) is 2.30. The molecular formula is C18H26Cl2N2O5. The van der Waals surface area contributed by atoms with Crippen LogP contribution in [0.1, 0.15) is 19.3 Å². The first-order valence-electron chi connectivity index (χ1n) is 7.78. The van der Waals surface area contributed by atoms with E-state index < -0.39 is 17.9 Å². The first-order valence-corrected chi connectivity index (χ1v) is 8.54. The molecule has 0 aliphatic heterocycles. The molecule has 0 fully saturated rings. The van der Waals surface area contributed by atoms with E-state index in [0.717, 1.165) is 0 Å². The Labute approximate surface area is 169 Å². The molecule has 0 saturated carbocycles. The molecule has 0 heterocycles. The average molecular weight is 421 g/mol. The van der Waals surface area contributed by atoms with Crippen molar-refractivity contribution in [2.24, 2.45) is 5.73 Å². The van der Waals surface area contributed by atoms with Crippen LogP contribution in [0.5, 0.6) is 0 Å². The lowest BCUT2D eigenvalue weighted by Gasteiger charge is -2.12. The van der Waals surface area contributed by atoms with Crippen LogP contribution in [0, 0.1) is 0 Å². The summed E-state index contributed by atoms with van der Waals surface area (Å²) in [5.74, 6) is -1.56. The number of primary amides is 1. The lowest BCUT2D eigenvalue weighted by atomic mass is 10.2. The topological polar surface area (TPSA) is 108 Å². The SMILES string of the molecule is C1=CCCC1.C=O.COC.COC(C(N)=O)C(=O)Nc1cc(Cl)cc(Cl)c1. The van der Waals surface area contributed by atoms with E-state index in [1.807, 2.05) is 6.79 Å². The van der Waals surface area contributed by atoms with Gasteiger partial charge in [-0.25, -0.2) is 0 Å². The number of ether oxygens (including phenoxy) is 2. The summed E-state index contributed by atoms with van der Waals surface area (Å²) in [4.78, 5) is 30.5. The summed E-state index contributed by atoms with van der Waals surface area (Å²) < 4.78 is 8.90. The van der Waals surface area contributed by atoms with Crippen molar-refractivity contribution in [1.82, 2.24) is 0 Å². The van der Waals surface area contributed by atoms with Gasteiger partial charge in [0.25, 0.3) is 11.8 Å². The van der Waals surface area contributed by atoms with E-state index in [-0.39, 0.29) is 0 Å². The van der Waals surface area contributed by atoms with Crippen LogP contribution in [-0.4, -0.2) is 46.0 Å². The maximum Gasteiger partial charge on any atom is 0.263 e. The van der Waals surface area contributed by atoms with E-state index in [1.165, 1.54) is 44.6 Å². The first kappa shape index (κ1) is 27.3. The molecule has 1 aromatic carbocycles. The van der Waals surface area contributed by atoms with Crippen LogP contribution in [0.15, 0.2) is 30.4 Å². The van der Waals surface area contributed by atoms with Crippen molar-refractivity contribution in [1.29, 1.82) is 0 Å². The molecule has 0 saturated heterocycles. The van der Waals surface area contributed by atoms with Gasteiger partial charge in [-0.2, -0.15) is 0 Å². The molecule has 1 aromatic rings. The number of carbonyl (C=O) groups is 3. The molecule has 1 atom stereocenters. The van der Waals surface area contributed by atoms with E-state index in [1.54, 1.807) is 14.2 Å². The molecular weight excluding hydrogens is 395 g/mol. The number of methoxy groups -OCH3 is 2. The monoisotopic (exact) mass is 420 g/mol. The zero-order valence-electron chi connectivity index (χ0n) is 15.7. The Morgan fingerprint density at radius 1 is 1.07 bits per heavy atom. The highest BCUT2D eigenvalue weighted by Crippen LogP contribution is 2.22. The highest BCUT2D eigenvalue weighted by molar-refractivity contribution is 6.35. The van der Waals surface area contributed by atoms with Crippen LogP contribution in [0.4, 0.5) is 5.69 Å². The van der Waals surface area contributed by atoms with Gasteiger partial charge in [-0.05, 0) is 37.5 Å². The predicted molar refractivity (Wildman–Crippen MR) is 108 cm³/mol. The van der Waals surface area contributed by atoms with Gasteiger partial charge in [0.15, 0.2) is 0 Å². The molecule has 1 aliphatic carbocycles. The largest absolute Gasteiger partial charge is 0.388 e. The molecule has 0 spiro atoms. The van der Waals surface area contributed by atoms with Crippen molar-refractivity contribution in [2.75, 3.05) is 26.6 Å². The third-order valence-corrected chi connectivity index (χ3v) is 3.21. The van der Waals surface area contributed by atoms with Crippen LogP contribution in [0.2, 0.25) is 10.0 Å². The summed E-state index contributed by atoms with van der Waals surface area (Å²) in [6.07, 6.45) is 7.15. The quantitative estimate of drug-likeness (QED) is 0.573. The average Bonchev–Trinajstić information content (AvgIpc) is 3.16. The number of anilines is 1. The number of carbonyl (C=O) groups excluding carboxylic acids is 3. The van der Waals surface area contributed by atoms with Crippen LogP contribution in [-0.2, 0) is 23.9 Å². The van der Waals surface area contributed by atoms with Gasteiger partial charge in [0.2, 0.25) is 6.10 Å². The van der Waals surface area contributed by atoms with Crippen molar-refractivity contribution >= 4 is 47.5 Å². The molecule has 27 heavy (non-hydrogen) atoms. The van der Waals surface area contributed by atoms with Crippen molar-refractivity contribution in [3.63, 3.8) is 0 Å². The second kappa shape index (κ2) is 17.5. The third-order valence-electron chi connectivity index (χ3n) is 2.77. The van der Waals surface area contributed by atoms with Gasteiger partial charge in [-0.3, -0.25) is 9.59 Å². The molecule has 0 aromatic heterocycles. The first-order chi connectivity index (χ1) is 12.8. The Morgan fingerprint density at radius 2 is 1.52 bits per heavy atom. The van der Waals surface area contributed by atoms with Gasteiger partial charge >= 0.3 is 0 Å². The van der Waals surface area contributed by atoms with E-state index in [9.17, 15) is 9.59 Å². The normalized spacial score (nSPS) is 12.2. The molecule has 0 bridgehead atoms. The Bertz CT molecular complexity index is 571. The molecule has 7 nitrogen and oxygen atoms in total. The highest BCUT2D eigenvalue weighted by Gasteiger charge is 2.23. The Balaban J connectivity index is 0. The number of rotatable bonds is 4. The fraction of sp³-hybridized carbons (Fsp3) is 0.389. The Morgan fingerprint density at radius 3 is 1.81 bits per heavy atom. The molecule has 2 rings (SSSR count). The molecule has 3 N–H and O–H groups in total. The molecule has 9 heteroatoms. The molecule has 152 valence electrons. The van der Waals surface area contributed by atoms with Crippen LogP contribution >= 0.6 is 23.2 Å². The number of hydrogen-bond acceptors (Lipinski definition) is 5. The van der Waals surface area contributed by atoms with Gasteiger partial charge in [0, 0.05) is 37.1 Å². The molecule has 1 unspecified atom stereocenters. The third kappa shape index (κ3) is 13.9. The number of allylic oxidation sites excluding steroid dienone is 2. The summed E-state index contributed by atoms with van der Waals surface area (Å²) in [5, 5.41) is 3.15. The standard InChI is InChI=1S/C10H10Cl2N2O3.C5H8.C2H6O.CH2O/c1-17-8(9(13)15)10(16)14-7-3-5(11)2-6(12)4-7;1-2-4-5-3-1;1-3-2;1-2/h2-4,8H,1H3,(H2,13,15)(H,14,16);1-2H,3-5H2;1-2H3;1H2. The Hall–Kier alpha value is -1.93. The van der Waals surface area contributed by atoms with Crippen LogP contribution in [0.3, 0.4) is 0 Å². The number of nitrogens with one attached hydrogen (secondary N) is 1. The second-order valence-corrected chi connectivity index (χ2v) is 5.85. The number of hydrogen-bond donors (Lipinski definition) is 2. The predicted octanol–water partition coefficient (Wildman–Crippen LogP) is 3.24. The maximum atomic E-state index is 11.6. The van der Waals surface area contributed by atoms with Gasteiger partial charge in [0.1, 0.15) is 6.79 Å². The minimum Gasteiger partial charge on any atom is -0.388 e. The van der Waals surface area contributed by atoms with Crippen molar-refractivity contribution in [3.8, 4) is 0 Å². The van der Waals surface area contributed by atoms with E-state index in [0.29, 0.717) is 15.7 Å². The van der Waals surface area contributed by atoms with Gasteiger partial charge in [0.05, 0.1) is 0 Å². The van der Waals surface area contributed by atoms with Crippen LogP contribution in [0.25, 0.3) is 0 Å². The lowest BCUT2D eigenvalue weighted by molar-refractivity contribution is -0.138. The highest BCUT2D eigenvalue weighted by atomic mass is 35.5. The maximum absolute atomic E-state index is 11.6. The smallest absolute Gasteiger partial charge is 0.263 e. The van der Waals surface area contributed by atoms with Crippen molar-refractivity contribution in [3.05, 3.63) is 40.4 Å². The van der Waals surface area contributed by atoms with Gasteiger partial charge < -0.3 is 25.3 Å². The summed E-state index contributed by atoms with van der Waals surface area (Å²) in [6, 6.07) is 4.48. The summed E-state index contributed by atoms with van der Waals surface area (Å²) in [5.41, 5.74) is 5.34. The summed E-state index contributed by atoms with van der Waals surface area (Å²) in [6.45, 7) is 2.00. The Kier molecular flexibility index (Phi) is 17.7. The van der Waals surface area contributed by atoms with E-state index >= 15 is 0 Å². The number of amides is 2. The van der Waals surface area contributed by atoms with Crippen LogP contribution < -0.4 is 11.1 Å². The zero-order valence-corrected chi connectivity index (χ0v) is 17.2. The van der Waals surface area contributed by atoms with Crippen molar-refractivity contribution < 1.29 is 23.9 Å². The molecule has 0 radical (unpaired) electrons. The molecule has 2 amide bonds. The van der Waals surface area contributed by atoms with E-state index in [4.69, 9.17) is 33.7 Å². The minimum absolute atomic E-state index is 0.357. The van der Waals surface area contributed by atoms with Gasteiger partial charge in [-0.15, -0.1) is 0 Å².